The summed E-state index contributed by atoms with van der Waals surface area (Å²) in [5.74, 6) is 0.504. The van der Waals surface area contributed by atoms with Gasteiger partial charge in [0.2, 0.25) is 0 Å². The Morgan fingerprint density at radius 2 is 1.71 bits per heavy atom. The van der Waals surface area contributed by atoms with Gasteiger partial charge >= 0.3 is 12.3 Å². The van der Waals surface area contributed by atoms with Crippen molar-refractivity contribution in [2.75, 3.05) is 39.3 Å². The van der Waals surface area contributed by atoms with E-state index in [1.165, 1.54) is 12.1 Å². The van der Waals surface area contributed by atoms with E-state index < -0.39 is 11.7 Å². The number of carbonyl (C=O) groups excluding carboxylic acids is 1. The Kier molecular flexibility index (Phi) is 6.86. The number of hydrogen-bond donors (Lipinski definition) is 0. The summed E-state index contributed by atoms with van der Waals surface area (Å²) in [6.45, 7) is 6.26. The first kappa shape index (κ1) is 21.0. The van der Waals surface area contributed by atoms with Crippen LogP contribution in [0.15, 0.2) is 24.3 Å². The lowest BCUT2D eigenvalue weighted by Crippen LogP contribution is -2.43. The normalized spacial score (nSPS) is 20.4. The van der Waals surface area contributed by atoms with Crippen molar-refractivity contribution in [3.05, 3.63) is 35.4 Å². The largest absolute Gasteiger partial charge is 0.450 e. The van der Waals surface area contributed by atoms with E-state index in [-0.39, 0.29) is 12.0 Å². The number of ether oxygens (including phenoxy) is 1. The molecule has 2 aliphatic rings. The first-order chi connectivity index (χ1) is 13.4. The Hall–Kier alpha value is -1.76. The molecule has 0 aromatic heterocycles. The minimum atomic E-state index is -4.29. The van der Waals surface area contributed by atoms with Crippen LogP contribution in [0.25, 0.3) is 0 Å². The molecule has 1 aromatic rings. The fourth-order valence-electron chi connectivity index (χ4n) is 4.42. The number of rotatable bonds is 4. The van der Waals surface area contributed by atoms with Crippen molar-refractivity contribution < 1.29 is 22.7 Å². The Labute approximate surface area is 164 Å². The number of benzene rings is 1. The molecule has 28 heavy (non-hydrogen) atoms. The van der Waals surface area contributed by atoms with Gasteiger partial charge in [-0.15, -0.1) is 0 Å². The van der Waals surface area contributed by atoms with Gasteiger partial charge in [-0.3, -0.25) is 0 Å². The lowest BCUT2D eigenvalue weighted by Gasteiger charge is -2.37. The molecular formula is C21H29F3N2O2. The first-order valence-corrected chi connectivity index (χ1v) is 10.2. The molecule has 3 rings (SSSR count). The number of amides is 1. The van der Waals surface area contributed by atoms with Crippen LogP contribution in [-0.2, 0) is 10.9 Å². The van der Waals surface area contributed by atoms with Crippen molar-refractivity contribution in [3.63, 3.8) is 0 Å². The monoisotopic (exact) mass is 398 g/mol. The third-order valence-electron chi connectivity index (χ3n) is 5.95. The second-order valence-corrected chi connectivity index (χ2v) is 7.79. The summed E-state index contributed by atoms with van der Waals surface area (Å²) in [5, 5.41) is 0. The van der Waals surface area contributed by atoms with Gasteiger partial charge < -0.3 is 14.5 Å². The van der Waals surface area contributed by atoms with Crippen LogP contribution in [0.3, 0.4) is 0 Å². The molecule has 0 saturated carbocycles. The van der Waals surface area contributed by atoms with Gasteiger partial charge in [-0.1, -0.05) is 18.2 Å². The van der Waals surface area contributed by atoms with Gasteiger partial charge in [0.25, 0.3) is 0 Å². The Bertz CT molecular complexity index is 649. The van der Waals surface area contributed by atoms with Crippen molar-refractivity contribution in [2.24, 2.45) is 5.92 Å². The number of halogens is 3. The highest BCUT2D eigenvalue weighted by atomic mass is 19.4. The van der Waals surface area contributed by atoms with Gasteiger partial charge in [0, 0.05) is 19.6 Å². The number of nitrogens with zero attached hydrogens (tertiary/aromatic N) is 2. The maximum atomic E-state index is 13.3. The minimum absolute atomic E-state index is 0.0280. The molecule has 0 aliphatic carbocycles. The fourth-order valence-corrected chi connectivity index (χ4v) is 4.42. The average molecular weight is 398 g/mol. The minimum Gasteiger partial charge on any atom is -0.450 e. The highest BCUT2D eigenvalue weighted by molar-refractivity contribution is 5.67. The van der Waals surface area contributed by atoms with Crippen molar-refractivity contribution >= 4 is 6.09 Å². The smallest absolute Gasteiger partial charge is 0.416 e. The van der Waals surface area contributed by atoms with E-state index in [0.29, 0.717) is 18.1 Å². The lowest BCUT2D eigenvalue weighted by atomic mass is 9.85. The summed E-state index contributed by atoms with van der Waals surface area (Å²) >= 11 is 0. The predicted octanol–water partition coefficient (Wildman–Crippen LogP) is 4.75. The Balaban J connectivity index is 1.48. The van der Waals surface area contributed by atoms with Gasteiger partial charge in [-0.05, 0) is 69.2 Å². The van der Waals surface area contributed by atoms with Gasteiger partial charge in [-0.25, -0.2) is 4.79 Å². The third kappa shape index (κ3) is 5.19. The third-order valence-corrected chi connectivity index (χ3v) is 5.95. The molecule has 0 spiro atoms. The van der Waals surface area contributed by atoms with Crippen molar-refractivity contribution in [3.8, 4) is 0 Å². The maximum Gasteiger partial charge on any atom is 0.416 e. The number of alkyl halides is 3. The number of hydrogen-bond acceptors (Lipinski definition) is 3. The van der Waals surface area contributed by atoms with Crippen molar-refractivity contribution in [1.29, 1.82) is 0 Å². The number of piperidine rings is 2. The second-order valence-electron chi connectivity index (χ2n) is 7.79. The van der Waals surface area contributed by atoms with Crippen LogP contribution < -0.4 is 0 Å². The van der Waals surface area contributed by atoms with Gasteiger partial charge in [0.1, 0.15) is 0 Å². The molecule has 156 valence electrons. The molecule has 0 atom stereocenters. The van der Waals surface area contributed by atoms with Crippen LogP contribution in [0.1, 0.15) is 49.7 Å². The summed E-state index contributed by atoms with van der Waals surface area (Å²) in [7, 11) is 0. The predicted molar refractivity (Wildman–Crippen MR) is 101 cm³/mol. The molecule has 2 saturated heterocycles. The molecule has 2 aliphatic heterocycles. The van der Waals surface area contributed by atoms with E-state index in [4.69, 9.17) is 4.74 Å². The highest BCUT2D eigenvalue weighted by Gasteiger charge is 2.36. The van der Waals surface area contributed by atoms with E-state index in [2.05, 4.69) is 4.90 Å². The molecule has 0 bridgehead atoms. The molecular weight excluding hydrogens is 369 g/mol. The summed E-state index contributed by atoms with van der Waals surface area (Å²) < 4.78 is 44.9. The first-order valence-electron chi connectivity index (χ1n) is 10.2. The van der Waals surface area contributed by atoms with Crippen LogP contribution in [0, 0.1) is 5.92 Å². The standard InChI is InChI=1S/C21H29F3N2O2/c1-2-28-20(27)26-13-7-16(8-14-26)15-25-11-9-17(10-12-25)18-5-3-4-6-19(18)21(22,23)24/h3-6,16-17H,2,7-15H2,1H3. The van der Waals surface area contributed by atoms with Gasteiger partial charge in [0.05, 0.1) is 12.2 Å². The fraction of sp³-hybridized carbons (Fsp3) is 0.667. The Morgan fingerprint density at radius 3 is 2.32 bits per heavy atom. The quantitative estimate of drug-likeness (QED) is 0.734. The summed E-state index contributed by atoms with van der Waals surface area (Å²) in [6.07, 6.45) is -1.10. The van der Waals surface area contributed by atoms with Crippen molar-refractivity contribution in [2.45, 2.75) is 44.7 Å². The molecule has 2 fully saturated rings. The van der Waals surface area contributed by atoms with E-state index in [9.17, 15) is 18.0 Å². The maximum absolute atomic E-state index is 13.3. The molecule has 1 aromatic carbocycles. The zero-order valence-corrected chi connectivity index (χ0v) is 16.4. The molecule has 0 N–H and O–H groups in total. The summed E-state index contributed by atoms with van der Waals surface area (Å²) in [4.78, 5) is 15.9. The second kappa shape index (κ2) is 9.16. The van der Waals surface area contributed by atoms with E-state index in [1.807, 2.05) is 0 Å². The van der Waals surface area contributed by atoms with E-state index >= 15 is 0 Å². The van der Waals surface area contributed by atoms with Crippen LogP contribution in [-0.4, -0.2) is 55.2 Å². The van der Waals surface area contributed by atoms with Crippen LogP contribution in [0.5, 0.6) is 0 Å². The van der Waals surface area contributed by atoms with Crippen molar-refractivity contribution in [1.82, 2.24) is 9.80 Å². The van der Waals surface area contributed by atoms with Crippen LogP contribution in [0.4, 0.5) is 18.0 Å². The highest BCUT2D eigenvalue weighted by Crippen LogP contribution is 2.38. The molecule has 7 heteroatoms. The summed E-state index contributed by atoms with van der Waals surface area (Å²) in [5.41, 5.74) is -0.0443. The molecule has 4 nitrogen and oxygen atoms in total. The van der Waals surface area contributed by atoms with E-state index in [1.54, 1.807) is 24.0 Å². The van der Waals surface area contributed by atoms with Crippen LogP contribution >= 0.6 is 0 Å². The molecule has 1 amide bonds. The van der Waals surface area contributed by atoms with Gasteiger partial charge in [0.15, 0.2) is 0 Å². The average Bonchev–Trinajstić information content (AvgIpc) is 2.69. The number of carbonyl (C=O) groups is 1. The van der Waals surface area contributed by atoms with Crippen LogP contribution in [0.2, 0.25) is 0 Å². The van der Waals surface area contributed by atoms with E-state index in [0.717, 1.165) is 58.4 Å². The number of likely N-dealkylation sites (tertiary alicyclic amines) is 2. The zero-order chi connectivity index (χ0) is 20.1. The van der Waals surface area contributed by atoms with Gasteiger partial charge in [-0.2, -0.15) is 13.2 Å². The lowest BCUT2D eigenvalue weighted by molar-refractivity contribution is -0.138. The molecule has 0 radical (unpaired) electrons. The summed E-state index contributed by atoms with van der Waals surface area (Å²) in [6, 6.07) is 5.99. The topological polar surface area (TPSA) is 32.8 Å². The molecule has 0 unspecified atom stereocenters. The zero-order valence-electron chi connectivity index (χ0n) is 16.4. The SMILES string of the molecule is CCOC(=O)N1CCC(CN2CCC(c3ccccc3C(F)(F)F)CC2)CC1. The molecule has 2 heterocycles. The Morgan fingerprint density at radius 1 is 1.07 bits per heavy atom.